The normalized spacial score (nSPS) is 16.0. The van der Waals surface area contributed by atoms with Gasteiger partial charge in [-0.15, -0.1) is 0 Å². The van der Waals surface area contributed by atoms with E-state index in [1.54, 1.807) is 0 Å². The number of amides is 1. The van der Waals surface area contributed by atoms with Gasteiger partial charge in [0.2, 0.25) is 0 Å². The minimum absolute atomic E-state index is 0.174. The first-order valence-corrected chi connectivity index (χ1v) is 13.1. The van der Waals surface area contributed by atoms with Crippen molar-refractivity contribution < 1.29 is 31.9 Å². The number of hydrogen-bond acceptors (Lipinski definition) is 3. The Balaban J connectivity index is 1.68. The molecule has 0 aliphatic carbocycles. The third-order valence-electron chi connectivity index (χ3n) is 6.56. The van der Waals surface area contributed by atoms with Crippen LogP contribution in [0.15, 0.2) is 18.2 Å². The van der Waals surface area contributed by atoms with Gasteiger partial charge < -0.3 is 9.64 Å². The van der Waals surface area contributed by atoms with Gasteiger partial charge in [-0.1, -0.05) is 83.6 Å². The molecule has 1 atom stereocenters. The molecule has 0 saturated carbocycles. The van der Waals surface area contributed by atoms with Crippen molar-refractivity contribution in [2.45, 2.75) is 109 Å². The van der Waals surface area contributed by atoms with Crippen LogP contribution in [-0.2, 0) is 15.7 Å². The number of unbranched alkanes of at least 4 members (excludes halogenated alkanes) is 11. The highest BCUT2D eigenvalue weighted by Gasteiger charge is 2.39. The number of ether oxygens (including phenoxy) is 1. The largest absolute Gasteiger partial charge is 0.464 e. The van der Waals surface area contributed by atoms with E-state index in [9.17, 15) is 27.2 Å². The van der Waals surface area contributed by atoms with E-state index in [1.807, 2.05) is 0 Å². The summed E-state index contributed by atoms with van der Waals surface area (Å²) in [7, 11) is 0. The van der Waals surface area contributed by atoms with Crippen LogP contribution >= 0.6 is 0 Å². The predicted octanol–water partition coefficient (Wildman–Crippen LogP) is 7.69. The number of nitrogens with zero attached hydrogens (tertiary/aromatic N) is 1. The van der Waals surface area contributed by atoms with Gasteiger partial charge in [-0.2, -0.15) is 13.2 Å². The van der Waals surface area contributed by atoms with Crippen molar-refractivity contribution in [3.63, 3.8) is 0 Å². The number of hydrogen-bond donors (Lipinski definition) is 0. The third-order valence-corrected chi connectivity index (χ3v) is 6.56. The summed E-state index contributed by atoms with van der Waals surface area (Å²) in [6.45, 7) is 2.64. The van der Waals surface area contributed by atoms with Crippen molar-refractivity contribution in [3.05, 3.63) is 35.1 Å². The molecule has 35 heavy (non-hydrogen) atoms. The maximum Gasteiger partial charge on any atom is 0.419 e. The third kappa shape index (κ3) is 9.45. The summed E-state index contributed by atoms with van der Waals surface area (Å²) in [4.78, 5) is 26.4. The summed E-state index contributed by atoms with van der Waals surface area (Å²) in [5, 5.41) is 0. The van der Waals surface area contributed by atoms with Gasteiger partial charge in [0.05, 0.1) is 17.7 Å². The van der Waals surface area contributed by atoms with Crippen LogP contribution in [0.25, 0.3) is 0 Å². The van der Waals surface area contributed by atoms with Gasteiger partial charge in [-0.25, -0.2) is 9.18 Å². The Morgan fingerprint density at radius 1 is 0.943 bits per heavy atom. The Morgan fingerprint density at radius 3 is 2.09 bits per heavy atom. The Bertz CT molecular complexity index is 797. The Labute approximate surface area is 206 Å². The van der Waals surface area contributed by atoms with Gasteiger partial charge in [-0.3, -0.25) is 4.79 Å². The van der Waals surface area contributed by atoms with E-state index in [0.717, 1.165) is 42.7 Å². The first-order valence-electron chi connectivity index (χ1n) is 13.1. The molecule has 1 aromatic carbocycles. The highest BCUT2D eigenvalue weighted by molar-refractivity contribution is 5.97. The zero-order valence-electron chi connectivity index (χ0n) is 20.8. The summed E-state index contributed by atoms with van der Waals surface area (Å²) in [6.07, 6.45) is 10.2. The summed E-state index contributed by atoms with van der Waals surface area (Å²) in [5.74, 6) is -3.11. The summed E-state index contributed by atoms with van der Waals surface area (Å²) < 4.78 is 58.7. The standard InChI is InChI=1S/C27H39F4NO3/c1-2-3-4-5-6-7-8-9-10-11-12-13-20-35-26(34)23-18-15-19-32(23)25(33)21-16-14-17-22(24(21)28)27(29,30)31/h14,16-17,23H,2-13,15,18-20H2,1H3. The van der Waals surface area contributed by atoms with Crippen molar-refractivity contribution in [2.24, 2.45) is 0 Å². The van der Waals surface area contributed by atoms with Crippen molar-refractivity contribution in [2.75, 3.05) is 13.2 Å². The molecule has 0 bridgehead atoms. The summed E-state index contributed by atoms with van der Waals surface area (Å²) in [6, 6.07) is 1.71. The molecule has 1 aromatic rings. The minimum atomic E-state index is -4.90. The number of likely N-dealkylation sites (tertiary alicyclic amines) is 1. The lowest BCUT2D eigenvalue weighted by Gasteiger charge is -2.24. The van der Waals surface area contributed by atoms with Gasteiger partial charge in [0, 0.05) is 6.54 Å². The Kier molecular flexibility index (Phi) is 12.6. The fourth-order valence-corrected chi connectivity index (χ4v) is 4.54. The molecule has 0 spiro atoms. The van der Waals surface area contributed by atoms with E-state index in [4.69, 9.17) is 4.74 Å². The molecule has 1 aliphatic heterocycles. The number of alkyl halides is 3. The molecule has 1 saturated heterocycles. The van der Waals surface area contributed by atoms with Gasteiger partial charge >= 0.3 is 12.1 Å². The molecule has 8 heteroatoms. The van der Waals surface area contributed by atoms with E-state index < -0.39 is 41.0 Å². The highest BCUT2D eigenvalue weighted by atomic mass is 19.4. The first kappa shape index (κ1) is 29.1. The summed E-state index contributed by atoms with van der Waals surface area (Å²) >= 11 is 0. The van der Waals surface area contributed by atoms with Crippen molar-refractivity contribution in [1.82, 2.24) is 4.90 Å². The maximum atomic E-state index is 14.4. The van der Waals surface area contributed by atoms with Crippen LogP contribution in [0.2, 0.25) is 0 Å². The molecule has 2 rings (SSSR count). The number of esters is 1. The molecule has 4 nitrogen and oxygen atoms in total. The van der Waals surface area contributed by atoms with Crippen LogP contribution in [0, 0.1) is 5.82 Å². The lowest BCUT2D eigenvalue weighted by Crippen LogP contribution is -2.42. The number of rotatable bonds is 15. The topological polar surface area (TPSA) is 46.6 Å². The van der Waals surface area contributed by atoms with E-state index in [-0.39, 0.29) is 13.2 Å². The van der Waals surface area contributed by atoms with E-state index in [1.165, 1.54) is 51.4 Å². The van der Waals surface area contributed by atoms with E-state index in [2.05, 4.69) is 6.92 Å². The molecule has 1 fully saturated rings. The molecule has 0 aromatic heterocycles. The van der Waals surface area contributed by atoms with Crippen LogP contribution in [-0.4, -0.2) is 36.0 Å². The van der Waals surface area contributed by atoms with E-state index >= 15 is 0 Å². The molecule has 1 aliphatic rings. The summed E-state index contributed by atoms with van der Waals surface area (Å²) in [5.41, 5.74) is -2.17. The monoisotopic (exact) mass is 501 g/mol. The second-order valence-corrected chi connectivity index (χ2v) is 9.38. The average molecular weight is 502 g/mol. The number of benzene rings is 1. The predicted molar refractivity (Wildman–Crippen MR) is 127 cm³/mol. The molecule has 1 heterocycles. The fourth-order valence-electron chi connectivity index (χ4n) is 4.54. The zero-order valence-corrected chi connectivity index (χ0v) is 20.8. The van der Waals surface area contributed by atoms with Crippen LogP contribution in [0.5, 0.6) is 0 Å². The van der Waals surface area contributed by atoms with Crippen LogP contribution in [0.1, 0.15) is 113 Å². The molecule has 0 N–H and O–H groups in total. The van der Waals surface area contributed by atoms with Gasteiger partial charge in [0.15, 0.2) is 0 Å². The zero-order chi connectivity index (χ0) is 25.7. The number of carbonyl (C=O) groups is 2. The van der Waals surface area contributed by atoms with Gasteiger partial charge in [0.1, 0.15) is 11.9 Å². The van der Waals surface area contributed by atoms with Crippen LogP contribution < -0.4 is 0 Å². The lowest BCUT2D eigenvalue weighted by molar-refractivity contribution is -0.148. The smallest absolute Gasteiger partial charge is 0.419 e. The SMILES string of the molecule is CCCCCCCCCCCCCCOC(=O)C1CCCN1C(=O)c1cccc(C(F)(F)F)c1F. The van der Waals surface area contributed by atoms with Gasteiger partial charge in [0.25, 0.3) is 5.91 Å². The first-order chi connectivity index (χ1) is 16.8. The van der Waals surface area contributed by atoms with Crippen molar-refractivity contribution in [1.29, 1.82) is 0 Å². The van der Waals surface area contributed by atoms with Gasteiger partial charge in [-0.05, 0) is 31.4 Å². The number of halogens is 4. The van der Waals surface area contributed by atoms with Crippen LogP contribution in [0.3, 0.4) is 0 Å². The molecule has 1 amide bonds. The second kappa shape index (κ2) is 15.1. The van der Waals surface area contributed by atoms with E-state index in [0.29, 0.717) is 18.9 Å². The Morgan fingerprint density at radius 2 is 1.51 bits per heavy atom. The average Bonchev–Trinajstić information content (AvgIpc) is 3.31. The Hall–Kier alpha value is -2.12. The molecule has 1 unspecified atom stereocenters. The highest BCUT2D eigenvalue weighted by Crippen LogP contribution is 2.33. The lowest BCUT2D eigenvalue weighted by atomic mass is 10.1. The molecular weight excluding hydrogens is 462 g/mol. The minimum Gasteiger partial charge on any atom is -0.464 e. The quantitative estimate of drug-likeness (QED) is 0.141. The van der Waals surface area contributed by atoms with Crippen LogP contribution in [0.4, 0.5) is 17.6 Å². The number of carbonyl (C=O) groups excluding carboxylic acids is 2. The maximum absolute atomic E-state index is 14.4. The molecule has 198 valence electrons. The molecule has 0 radical (unpaired) electrons. The fraction of sp³-hybridized carbons (Fsp3) is 0.704. The molecular formula is C27H39F4NO3. The van der Waals surface area contributed by atoms with Crippen molar-refractivity contribution in [3.8, 4) is 0 Å². The van der Waals surface area contributed by atoms with Crippen molar-refractivity contribution >= 4 is 11.9 Å². The second-order valence-electron chi connectivity index (χ2n) is 9.38.